The highest BCUT2D eigenvalue weighted by Gasteiger charge is 2.13. The number of benzene rings is 2. The first-order valence-corrected chi connectivity index (χ1v) is 7.99. The fraction of sp³-hybridized carbons (Fsp3) is 0.222. The molecule has 134 valence electrons. The molecule has 0 fully saturated rings. The first kappa shape index (κ1) is 17.4. The van der Waals surface area contributed by atoms with Gasteiger partial charge in [0.15, 0.2) is 11.5 Å². The van der Waals surface area contributed by atoms with Crippen molar-refractivity contribution in [2.75, 3.05) is 13.2 Å². The normalized spacial score (nSPS) is 13.2. The molecule has 1 aliphatic heterocycles. The summed E-state index contributed by atoms with van der Waals surface area (Å²) < 4.78 is 10.9. The standard InChI is InChI=1S/C18H17N3O5/c1-12(14-3-2-4-15(11-14)21(23)24)19-20-18(22)10-13-5-6-16-17(9-13)26-8-7-25-16/h2-6,9,11H,7-8,10H2,1H3,(H,20,22)/b19-12-. The van der Waals surface area contributed by atoms with Gasteiger partial charge in [0.1, 0.15) is 13.2 Å². The minimum atomic E-state index is -0.475. The van der Waals surface area contributed by atoms with E-state index in [1.807, 2.05) is 0 Å². The minimum Gasteiger partial charge on any atom is -0.486 e. The zero-order chi connectivity index (χ0) is 18.5. The second kappa shape index (κ2) is 7.64. The van der Waals surface area contributed by atoms with Crippen LogP contribution in [0.3, 0.4) is 0 Å². The molecule has 0 aliphatic carbocycles. The molecular formula is C18H17N3O5. The van der Waals surface area contributed by atoms with Gasteiger partial charge in [-0.1, -0.05) is 18.2 Å². The number of rotatable bonds is 5. The molecule has 8 nitrogen and oxygen atoms in total. The van der Waals surface area contributed by atoms with E-state index in [9.17, 15) is 14.9 Å². The topological polar surface area (TPSA) is 103 Å². The first-order chi connectivity index (χ1) is 12.5. The van der Waals surface area contributed by atoms with Crippen LogP contribution in [0.25, 0.3) is 0 Å². The molecule has 0 unspecified atom stereocenters. The van der Waals surface area contributed by atoms with Crippen LogP contribution < -0.4 is 14.9 Å². The van der Waals surface area contributed by atoms with Crippen LogP contribution in [0.1, 0.15) is 18.1 Å². The Morgan fingerprint density at radius 3 is 2.73 bits per heavy atom. The Bertz CT molecular complexity index is 879. The Labute approximate surface area is 149 Å². The van der Waals surface area contributed by atoms with Crippen LogP contribution >= 0.6 is 0 Å². The van der Waals surface area contributed by atoms with E-state index in [2.05, 4.69) is 10.5 Å². The number of carbonyl (C=O) groups is 1. The smallest absolute Gasteiger partial charge is 0.270 e. The number of carbonyl (C=O) groups excluding carboxylic acids is 1. The molecular weight excluding hydrogens is 338 g/mol. The number of nitro groups is 1. The van der Waals surface area contributed by atoms with Crippen LogP contribution in [0, 0.1) is 10.1 Å². The molecule has 2 aromatic rings. The maximum absolute atomic E-state index is 12.1. The molecule has 2 aromatic carbocycles. The van der Waals surface area contributed by atoms with Gasteiger partial charge in [-0.15, -0.1) is 0 Å². The largest absolute Gasteiger partial charge is 0.486 e. The lowest BCUT2D eigenvalue weighted by Gasteiger charge is -2.18. The van der Waals surface area contributed by atoms with Gasteiger partial charge in [0.05, 0.1) is 17.1 Å². The van der Waals surface area contributed by atoms with Gasteiger partial charge in [0.2, 0.25) is 5.91 Å². The van der Waals surface area contributed by atoms with Crippen LogP contribution in [0.2, 0.25) is 0 Å². The number of hydrazone groups is 1. The zero-order valence-corrected chi connectivity index (χ0v) is 14.1. The first-order valence-electron chi connectivity index (χ1n) is 7.99. The predicted octanol–water partition coefficient (Wildman–Crippen LogP) is 2.45. The number of non-ortho nitro benzene ring substituents is 1. The van der Waals surface area contributed by atoms with Crippen molar-refractivity contribution >= 4 is 17.3 Å². The molecule has 0 radical (unpaired) electrons. The van der Waals surface area contributed by atoms with Crippen molar-refractivity contribution in [1.82, 2.24) is 5.43 Å². The van der Waals surface area contributed by atoms with Crippen LogP contribution in [0.4, 0.5) is 5.69 Å². The third-order valence-electron chi connectivity index (χ3n) is 3.79. The number of nitrogens with one attached hydrogen (secondary N) is 1. The quantitative estimate of drug-likeness (QED) is 0.504. The van der Waals surface area contributed by atoms with Crippen LogP contribution in [0.5, 0.6) is 11.5 Å². The van der Waals surface area contributed by atoms with E-state index in [-0.39, 0.29) is 18.0 Å². The Balaban J connectivity index is 1.63. The molecule has 1 N–H and O–H groups in total. The Kier molecular flexibility index (Phi) is 5.12. The summed E-state index contributed by atoms with van der Waals surface area (Å²) >= 11 is 0. The highest BCUT2D eigenvalue weighted by atomic mass is 16.6. The lowest BCUT2D eigenvalue weighted by atomic mass is 10.1. The summed E-state index contributed by atoms with van der Waals surface area (Å²) in [7, 11) is 0. The molecule has 1 aliphatic rings. The molecule has 0 saturated heterocycles. The number of amides is 1. The van der Waals surface area contributed by atoms with Gasteiger partial charge in [0.25, 0.3) is 5.69 Å². The van der Waals surface area contributed by atoms with Gasteiger partial charge in [-0.25, -0.2) is 5.43 Å². The summed E-state index contributed by atoms with van der Waals surface area (Å²) in [5, 5.41) is 14.8. The molecule has 0 spiro atoms. The van der Waals surface area contributed by atoms with Gasteiger partial charge in [-0.2, -0.15) is 5.10 Å². The van der Waals surface area contributed by atoms with Gasteiger partial charge < -0.3 is 9.47 Å². The summed E-state index contributed by atoms with van der Waals surface area (Å²) in [6.45, 7) is 2.66. The van der Waals surface area contributed by atoms with Crippen molar-refractivity contribution in [2.45, 2.75) is 13.3 Å². The SMILES string of the molecule is C/C(=N/NC(=O)Cc1ccc2c(c1)OCCO2)c1cccc([N+](=O)[O-])c1. The summed E-state index contributed by atoms with van der Waals surface area (Å²) in [5.41, 5.74) is 4.25. The van der Waals surface area contributed by atoms with E-state index < -0.39 is 4.92 Å². The van der Waals surface area contributed by atoms with Gasteiger partial charge in [-0.05, 0) is 24.6 Å². The van der Waals surface area contributed by atoms with E-state index in [1.54, 1.807) is 37.3 Å². The van der Waals surface area contributed by atoms with E-state index in [1.165, 1.54) is 12.1 Å². The van der Waals surface area contributed by atoms with E-state index in [0.29, 0.717) is 36.0 Å². The summed E-state index contributed by atoms with van der Waals surface area (Å²) in [6.07, 6.45) is 0.127. The third kappa shape index (κ3) is 4.15. The molecule has 1 amide bonds. The maximum Gasteiger partial charge on any atom is 0.270 e. The highest BCUT2D eigenvalue weighted by molar-refractivity contribution is 5.99. The third-order valence-corrected chi connectivity index (χ3v) is 3.79. The monoisotopic (exact) mass is 355 g/mol. The maximum atomic E-state index is 12.1. The van der Waals surface area contributed by atoms with Crippen molar-refractivity contribution in [3.8, 4) is 11.5 Å². The molecule has 3 rings (SSSR count). The van der Waals surface area contributed by atoms with Crippen molar-refractivity contribution in [3.63, 3.8) is 0 Å². The zero-order valence-electron chi connectivity index (χ0n) is 14.1. The average molecular weight is 355 g/mol. The van der Waals surface area contributed by atoms with E-state index in [4.69, 9.17) is 9.47 Å². The fourth-order valence-corrected chi connectivity index (χ4v) is 2.48. The molecule has 0 bridgehead atoms. The van der Waals surface area contributed by atoms with Gasteiger partial charge in [0, 0.05) is 17.7 Å². The number of hydrogen-bond acceptors (Lipinski definition) is 6. The Hall–Kier alpha value is -3.42. The van der Waals surface area contributed by atoms with Gasteiger partial charge in [-0.3, -0.25) is 14.9 Å². The van der Waals surface area contributed by atoms with Crippen molar-refractivity contribution in [1.29, 1.82) is 0 Å². The Morgan fingerprint density at radius 2 is 1.96 bits per heavy atom. The second-order valence-corrected chi connectivity index (χ2v) is 5.69. The van der Waals surface area contributed by atoms with E-state index >= 15 is 0 Å². The molecule has 26 heavy (non-hydrogen) atoms. The van der Waals surface area contributed by atoms with Crippen LogP contribution in [-0.2, 0) is 11.2 Å². The molecule has 0 aromatic heterocycles. The van der Waals surface area contributed by atoms with E-state index in [0.717, 1.165) is 5.56 Å². The number of nitro benzene ring substituents is 1. The number of ether oxygens (including phenoxy) is 2. The van der Waals surface area contributed by atoms with Gasteiger partial charge >= 0.3 is 0 Å². The number of hydrogen-bond donors (Lipinski definition) is 1. The fourth-order valence-electron chi connectivity index (χ4n) is 2.48. The lowest BCUT2D eigenvalue weighted by Crippen LogP contribution is -2.21. The molecule has 0 saturated carbocycles. The number of nitrogens with zero attached hydrogens (tertiary/aromatic N) is 2. The summed E-state index contributed by atoms with van der Waals surface area (Å²) in [4.78, 5) is 22.4. The molecule has 8 heteroatoms. The highest BCUT2D eigenvalue weighted by Crippen LogP contribution is 2.30. The predicted molar refractivity (Wildman–Crippen MR) is 94.6 cm³/mol. The molecule has 0 atom stereocenters. The van der Waals surface area contributed by atoms with Crippen molar-refractivity contribution < 1.29 is 19.2 Å². The molecule has 1 heterocycles. The minimum absolute atomic E-state index is 0.0281. The van der Waals surface area contributed by atoms with Crippen LogP contribution in [0.15, 0.2) is 47.6 Å². The summed E-state index contributed by atoms with van der Waals surface area (Å²) in [5.74, 6) is 0.990. The lowest BCUT2D eigenvalue weighted by molar-refractivity contribution is -0.384. The average Bonchev–Trinajstić information content (AvgIpc) is 2.66. The van der Waals surface area contributed by atoms with Crippen molar-refractivity contribution in [3.05, 3.63) is 63.7 Å². The van der Waals surface area contributed by atoms with Crippen LogP contribution in [-0.4, -0.2) is 29.8 Å². The second-order valence-electron chi connectivity index (χ2n) is 5.69. The summed E-state index contributed by atoms with van der Waals surface area (Å²) in [6, 6.07) is 11.4. The number of fused-ring (bicyclic) bond motifs is 1. The Morgan fingerprint density at radius 1 is 1.19 bits per heavy atom. The van der Waals surface area contributed by atoms with Crippen molar-refractivity contribution in [2.24, 2.45) is 5.10 Å².